The second-order valence-corrected chi connectivity index (χ2v) is 14.1. The number of nitrogens with two attached hydrogens (primary N) is 1. The molecule has 1 aliphatic heterocycles. The van der Waals surface area contributed by atoms with Crippen LogP contribution in [0.5, 0.6) is 0 Å². The molecule has 1 atom stereocenters. The van der Waals surface area contributed by atoms with Gasteiger partial charge in [-0.3, -0.25) is 9.59 Å². The molecule has 48 heavy (non-hydrogen) atoms. The van der Waals surface area contributed by atoms with E-state index in [1.54, 1.807) is 48.5 Å². The molecule has 1 saturated heterocycles. The first-order valence-corrected chi connectivity index (χ1v) is 17.7. The number of H-pyrrole nitrogens is 1. The number of sulfonamides is 1. The van der Waals surface area contributed by atoms with Crippen LogP contribution in [0.2, 0.25) is 0 Å². The molecule has 1 aliphatic carbocycles. The largest absolute Gasteiger partial charge is 0.379 e. The molecule has 4 aromatic rings. The van der Waals surface area contributed by atoms with Crippen LogP contribution in [0.3, 0.4) is 0 Å². The maximum Gasteiger partial charge on any atom is 0.247 e. The van der Waals surface area contributed by atoms with E-state index < -0.39 is 16.1 Å². The van der Waals surface area contributed by atoms with Crippen LogP contribution in [0.4, 0.5) is 5.69 Å². The molecule has 2 amide bonds. The standard InChI is InChI=1S/C34H40N8O5S/c35-22-23-8-10-26(11-9-23)33(43)37-30(34(44)36-28-14-12-25(13-15-28)32-38-40-41-39-32)21-24-4-3-5-27(20-24)29-6-1-2-7-31(29)48(45,46)42-16-18-47-19-17-42/h1-7,12-15,20,23,26,30H,8-11,16-19,21-22,35H2,(H,36,44)(H,37,43)(H,38,39,40,41). The van der Waals surface area contributed by atoms with Gasteiger partial charge >= 0.3 is 0 Å². The fraction of sp³-hybridized carbons (Fsp3) is 0.382. The van der Waals surface area contributed by atoms with Crippen molar-refractivity contribution in [3.8, 4) is 22.5 Å². The minimum atomic E-state index is -3.77. The summed E-state index contributed by atoms with van der Waals surface area (Å²) in [6.45, 7) is 1.90. The lowest BCUT2D eigenvalue weighted by atomic mass is 9.81. The number of carbonyl (C=O) groups is 2. The third-order valence-corrected chi connectivity index (χ3v) is 11.0. The number of aromatic amines is 1. The summed E-state index contributed by atoms with van der Waals surface area (Å²) in [7, 11) is -3.77. The molecule has 2 fully saturated rings. The number of benzene rings is 3. The van der Waals surface area contributed by atoms with E-state index in [2.05, 4.69) is 31.3 Å². The van der Waals surface area contributed by atoms with Crippen LogP contribution in [0.25, 0.3) is 22.5 Å². The lowest BCUT2D eigenvalue weighted by Gasteiger charge is -2.28. The topological polar surface area (TPSA) is 185 Å². The lowest BCUT2D eigenvalue weighted by Crippen LogP contribution is -2.48. The van der Waals surface area contributed by atoms with Gasteiger partial charge in [-0.1, -0.05) is 42.5 Å². The quantitative estimate of drug-likeness (QED) is 0.186. The van der Waals surface area contributed by atoms with Gasteiger partial charge in [0.2, 0.25) is 27.7 Å². The van der Waals surface area contributed by atoms with Crippen molar-refractivity contribution in [2.45, 2.75) is 43.0 Å². The van der Waals surface area contributed by atoms with Gasteiger partial charge in [0.05, 0.1) is 18.1 Å². The highest BCUT2D eigenvalue weighted by molar-refractivity contribution is 7.89. The number of amides is 2. The molecule has 1 aromatic heterocycles. The van der Waals surface area contributed by atoms with Gasteiger partial charge in [-0.2, -0.15) is 9.52 Å². The van der Waals surface area contributed by atoms with Crippen molar-refractivity contribution in [1.29, 1.82) is 0 Å². The van der Waals surface area contributed by atoms with Crippen molar-refractivity contribution in [3.63, 3.8) is 0 Å². The molecule has 5 N–H and O–H groups in total. The van der Waals surface area contributed by atoms with E-state index in [9.17, 15) is 18.0 Å². The fourth-order valence-corrected chi connectivity index (χ4v) is 7.96. The molecule has 2 heterocycles. The molecule has 1 saturated carbocycles. The Morgan fingerprint density at radius 2 is 1.71 bits per heavy atom. The van der Waals surface area contributed by atoms with E-state index in [-0.39, 0.29) is 29.0 Å². The van der Waals surface area contributed by atoms with Crippen molar-refractivity contribution in [2.24, 2.45) is 17.6 Å². The summed E-state index contributed by atoms with van der Waals surface area (Å²) >= 11 is 0. The van der Waals surface area contributed by atoms with Gasteiger partial charge in [-0.25, -0.2) is 8.42 Å². The summed E-state index contributed by atoms with van der Waals surface area (Å²) in [5.41, 5.74) is 9.17. The Morgan fingerprint density at radius 3 is 2.42 bits per heavy atom. The molecule has 0 spiro atoms. The van der Waals surface area contributed by atoms with Crippen molar-refractivity contribution in [3.05, 3.63) is 78.4 Å². The monoisotopic (exact) mass is 672 g/mol. The minimum absolute atomic E-state index is 0.156. The van der Waals surface area contributed by atoms with Gasteiger partial charge in [0.1, 0.15) is 6.04 Å². The Kier molecular flexibility index (Phi) is 10.5. The van der Waals surface area contributed by atoms with E-state index in [0.717, 1.165) is 36.8 Å². The van der Waals surface area contributed by atoms with Crippen molar-refractivity contribution in [2.75, 3.05) is 38.2 Å². The van der Waals surface area contributed by atoms with Crippen molar-refractivity contribution >= 4 is 27.5 Å². The number of carbonyl (C=O) groups excluding carboxylic acids is 2. The first-order valence-electron chi connectivity index (χ1n) is 16.2. The van der Waals surface area contributed by atoms with Gasteiger partial charge in [0.25, 0.3) is 0 Å². The third kappa shape index (κ3) is 7.79. The van der Waals surface area contributed by atoms with E-state index >= 15 is 0 Å². The summed E-state index contributed by atoms with van der Waals surface area (Å²) in [5, 5.41) is 19.9. The van der Waals surface area contributed by atoms with Gasteiger partial charge in [0.15, 0.2) is 0 Å². The zero-order chi connectivity index (χ0) is 33.5. The zero-order valence-electron chi connectivity index (χ0n) is 26.5. The first-order chi connectivity index (χ1) is 23.3. The molecular weight excluding hydrogens is 632 g/mol. The minimum Gasteiger partial charge on any atom is -0.379 e. The first kappa shape index (κ1) is 33.4. The fourth-order valence-electron chi connectivity index (χ4n) is 6.33. The highest BCUT2D eigenvalue weighted by Crippen LogP contribution is 2.31. The summed E-state index contributed by atoms with van der Waals surface area (Å²) in [4.78, 5) is 27.5. The Balaban J connectivity index is 1.24. The number of nitrogens with zero attached hydrogens (tertiary/aromatic N) is 4. The van der Waals surface area contributed by atoms with Crippen LogP contribution in [0, 0.1) is 11.8 Å². The second-order valence-electron chi connectivity index (χ2n) is 12.2. The number of rotatable bonds is 11. The number of hydrogen-bond donors (Lipinski definition) is 4. The summed E-state index contributed by atoms with van der Waals surface area (Å²) in [6, 6.07) is 20.5. The Labute approximate surface area is 279 Å². The highest BCUT2D eigenvalue weighted by atomic mass is 32.2. The normalized spacial score (nSPS) is 19.4. The number of aromatic nitrogens is 4. The molecule has 13 nitrogen and oxygen atoms in total. The van der Waals surface area contributed by atoms with E-state index in [0.29, 0.717) is 61.4 Å². The van der Waals surface area contributed by atoms with Gasteiger partial charge in [-0.05, 0) is 84.8 Å². The van der Waals surface area contributed by atoms with Crippen LogP contribution >= 0.6 is 0 Å². The smallest absolute Gasteiger partial charge is 0.247 e. The van der Waals surface area contributed by atoms with Crippen molar-refractivity contribution < 1.29 is 22.7 Å². The Morgan fingerprint density at radius 1 is 0.958 bits per heavy atom. The van der Waals surface area contributed by atoms with Gasteiger partial charge < -0.3 is 21.1 Å². The molecular formula is C34H40N8O5S. The average Bonchev–Trinajstić information content (AvgIpc) is 3.67. The number of nitrogens with one attached hydrogen (secondary N) is 3. The molecule has 0 radical (unpaired) electrons. The number of hydrogen-bond acceptors (Lipinski definition) is 9. The predicted octanol–water partition coefficient (Wildman–Crippen LogP) is 2.99. The van der Waals surface area contributed by atoms with E-state index in [1.807, 2.05) is 24.3 Å². The summed E-state index contributed by atoms with van der Waals surface area (Å²) in [6.07, 6.45) is 3.41. The van der Waals surface area contributed by atoms with Crippen LogP contribution in [0.15, 0.2) is 77.7 Å². The molecule has 0 bridgehead atoms. The van der Waals surface area contributed by atoms with E-state index in [4.69, 9.17) is 10.5 Å². The van der Waals surface area contributed by atoms with E-state index in [1.165, 1.54) is 4.31 Å². The Hall–Kier alpha value is -4.50. The maximum atomic E-state index is 13.8. The van der Waals surface area contributed by atoms with Gasteiger partial charge in [-0.15, -0.1) is 10.2 Å². The predicted molar refractivity (Wildman–Crippen MR) is 180 cm³/mol. The molecule has 14 heteroatoms. The highest BCUT2D eigenvalue weighted by Gasteiger charge is 2.31. The van der Waals surface area contributed by atoms with Crippen LogP contribution in [0.1, 0.15) is 31.2 Å². The molecule has 3 aromatic carbocycles. The Bertz CT molecular complexity index is 1800. The summed E-state index contributed by atoms with van der Waals surface area (Å²) in [5.74, 6) is 0.131. The maximum absolute atomic E-state index is 13.8. The number of tetrazole rings is 1. The average molecular weight is 673 g/mol. The van der Waals surface area contributed by atoms with Crippen molar-refractivity contribution in [1.82, 2.24) is 30.2 Å². The SMILES string of the molecule is NCC1CCC(C(=O)NC(Cc2cccc(-c3ccccc3S(=O)(=O)N3CCOCC3)c2)C(=O)Nc2ccc(-c3nn[nH]n3)cc2)CC1. The third-order valence-electron chi connectivity index (χ3n) is 9.09. The molecule has 252 valence electrons. The van der Waals surface area contributed by atoms with Crippen LogP contribution < -0.4 is 16.4 Å². The zero-order valence-corrected chi connectivity index (χ0v) is 27.4. The van der Waals surface area contributed by atoms with Crippen LogP contribution in [-0.4, -0.2) is 84.1 Å². The molecule has 2 aliphatic rings. The second kappa shape index (κ2) is 15.2. The number of morpholine rings is 1. The number of anilines is 1. The summed E-state index contributed by atoms with van der Waals surface area (Å²) < 4.78 is 34.1. The number of ether oxygens (including phenoxy) is 1. The molecule has 6 rings (SSSR count). The molecule has 1 unspecified atom stereocenters. The lowest BCUT2D eigenvalue weighted by molar-refractivity contribution is -0.130. The van der Waals surface area contributed by atoms with Gasteiger partial charge in [0, 0.05) is 42.2 Å². The van der Waals surface area contributed by atoms with Crippen LogP contribution in [-0.2, 0) is 30.8 Å².